The molecule has 0 fully saturated rings. The largest absolute Gasteiger partial charge is 0.478 e. The van der Waals surface area contributed by atoms with Crippen molar-refractivity contribution < 1.29 is 9.90 Å². The molecule has 2 rings (SSSR count). The van der Waals surface area contributed by atoms with Crippen LogP contribution in [0.4, 0.5) is 0 Å². The summed E-state index contributed by atoms with van der Waals surface area (Å²) >= 11 is 0. The van der Waals surface area contributed by atoms with Crippen LogP contribution in [0.3, 0.4) is 0 Å². The van der Waals surface area contributed by atoms with Crippen molar-refractivity contribution in [2.45, 2.75) is 6.42 Å². The predicted octanol–water partition coefficient (Wildman–Crippen LogP) is 1.09. The predicted molar refractivity (Wildman–Crippen MR) is 52.6 cm³/mol. The molecule has 1 aromatic heterocycles. The molecule has 1 aromatic carbocycles. The van der Waals surface area contributed by atoms with Gasteiger partial charge in [-0.25, -0.2) is 9.78 Å². The van der Waals surface area contributed by atoms with Gasteiger partial charge in [-0.2, -0.15) is 5.10 Å². The van der Waals surface area contributed by atoms with E-state index >= 15 is 0 Å². The molecule has 0 atom stereocenters. The van der Waals surface area contributed by atoms with Crippen LogP contribution in [0.15, 0.2) is 30.6 Å². The molecule has 5 nitrogen and oxygen atoms in total. The second kappa shape index (κ2) is 3.91. The maximum absolute atomic E-state index is 10.7. The number of carbonyl (C=O) groups is 1. The van der Waals surface area contributed by atoms with Crippen molar-refractivity contribution in [3.05, 3.63) is 47.5 Å². The minimum absolute atomic E-state index is 0.284. The molecule has 5 heteroatoms. The van der Waals surface area contributed by atoms with Crippen LogP contribution in [0.2, 0.25) is 0 Å². The van der Waals surface area contributed by atoms with Crippen molar-refractivity contribution in [1.82, 2.24) is 15.2 Å². The van der Waals surface area contributed by atoms with E-state index in [0.717, 1.165) is 11.4 Å². The SMILES string of the molecule is O=C(O)c1cccc(Cc2ncn[nH]2)c1. The first-order chi connectivity index (χ1) is 7.25. The smallest absolute Gasteiger partial charge is 0.335 e. The van der Waals surface area contributed by atoms with E-state index in [-0.39, 0.29) is 5.56 Å². The third-order valence-electron chi connectivity index (χ3n) is 2.01. The van der Waals surface area contributed by atoms with Crippen molar-refractivity contribution >= 4 is 5.97 Å². The summed E-state index contributed by atoms with van der Waals surface area (Å²) in [5.74, 6) is -0.202. The first kappa shape index (κ1) is 9.39. The Bertz CT molecular complexity index is 465. The number of carboxylic acid groups (broad SMARTS) is 1. The molecule has 76 valence electrons. The van der Waals surface area contributed by atoms with Crippen molar-refractivity contribution in [3.8, 4) is 0 Å². The first-order valence-corrected chi connectivity index (χ1v) is 4.42. The van der Waals surface area contributed by atoms with E-state index in [1.165, 1.54) is 6.33 Å². The molecule has 0 aliphatic carbocycles. The number of aromatic amines is 1. The number of carboxylic acids is 1. The summed E-state index contributed by atoms with van der Waals surface area (Å²) in [7, 11) is 0. The van der Waals surface area contributed by atoms with Gasteiger partial charge in [0.15, 0.2) is 0 Å². The fraction of sp³-hybridized carbons (Fsp3) is 0.100. The number of hydrogen-bond acceptors (Lipinski definition) is 3. The monoisotopic (exact) mass is 203 g/mol. The molecular formula is C10H9N3O2. The highest BCUT2D eigenvalue weighted by atomic mass is 16.4. The van der Waals surface area contributed by atoms with Crippen molar-refractivity contribution in [2.24, 2.45) is 0 Å². The van der Waals surface area contributed by atoms with Crippen LogP contribution < -0.4 is 0 Å². The van der Waals surface area contributed by atoms with Crippen LogP contribution in [-0.4, -0.2) is 26.3 Å². The number of nitrogens with zero attached hydrogens (tertiary/aromatic N) is 2. The summed E-state index contributed by atoms with van der Waals surface area (Å²) < 4.78 is 0. The number of nitrogens with one attached hydrogen (secondary N) is 1. The number of H-pyrrole nitrogens is 1. The van der Waals surface area contributed by atoms with Crippen LogP contribution >= 0.6 is 0 Å². The standard InChI is InChI=1S/C10H9N3O2/c14-10(15)8-3-1-2-7(4-8)5-9-11-6-12-13-9/h1-4,6H,5H2,(H,14,15)(H,11,12,13). The van der Waals surface area contributed by atoms with Gasteiger partial charge in [0.05, 0.1) is 5.56 Å². The Morgan fingerprint density at radius 1 is 1.47 bits per heavy atom. The molecule has 0 radical (unpaired) electrons. The van der Waals surface area contributed by atoms with Crippen LogP contribution in [0.25, 0.3) is 0 Å². The average molecular weight is 203 g/mol. The number of aromatic nitrogens is 3. The highest BCUT2D eigenvalue weighted by Crippen LogP contribution is 2.08. The molecule has 0 unspecified atom stereocenters. The highest BCUT2D eigenvalue weighted by Gasteiger charge is 2.04. The molecule has 15 heavy (non-hydrogen) atoms. The first-order valence-electron chi connectivity index (χ1n) is 4.42. The Kier molecular flexibility index (Phi) is 2.45. The van der Waals surface area contributed by atoms with E-state index < -0.39 is 5.97 Å². The van der Waals surface area contributed by atoms with Crippen LogP contribution in [-0.2, 0) is 6.42 Å². The molecule has 0 saturated carbocycles. The molecule has 0 aliphatic rings. The van der Waals surface area contributed by atoms with Gasteiger partial charge in [0.2, 0.25) is 0 Å². The molecule has 0 amide bonds. The second-order valence-electron chi connectivity index (χ2n) is 3.11. The molecule has 2 N–H and O–H groups in total. The van der Waals surface area contributed by atoms with Gasteiger partial charge in [-0.15, -0.1) is 0 Å². The molecule has 2 aromatic rings. The van der Waals surface area contributed by atoms with Gasteiger partial charge >= 0.3 is 5.97 Å². The molecule has 0 saturated heterocycles. The second-order valence-corrected chi connectivity index (χ2v) is 3.11. The maximum atomic E-state index is 10.7. The third-order valence-corrected chi connectivity index (χ3v) is 2.01. The van der Waals surface area contributed by atoms with E-state index in [9.17, 15) is 4.79 Å². The van der Waals surface area contributed by atoms with E-state index in [1.807, 2.05) is 6.07 Å². The van der Waals surface area contributed by atoms with Crippen molar-refractivity contribution in [2.75, 3.05) is 0 Å². The van der Waals surface area contributed by atoms with Gasteiger partial charge < -0.3 is 5.11 Å². The Morgan fingerprint density at radius 2 is 2.33 bits per heavy atom. The van der Waals surface area contributed by atoms with E-state index in [2.05, 4.69) is 15.2 Å². The van der Waals surface area contributed by atoms with E-state index in [4.69, 9.17) is 5.11 Å². The lowest BCUT2D eigenvalue weighted by molar-refractivity contribution is 0.0697. The van der Waals surface area contributed by atoms with Crippen LogP contribution in [0.1, 0.15) is 21.7 Å². The fourth-order valence-electron chi connectivity index (χ4n) is 1.32. The number of rotatable bonds is 3. The normalized spacial score (nSPS) is 10.1. The van der Waals surface area contributed by atoms with E-state index in [1.54, 1.807) is 18.2 Å². The van der Waals surface area contributed by atoms with Gasteiger partial charge in [-0.05, 0) is 17.7 Å². The zero-order valence-electron chi connectivity index (χ0n) is 7.84. The minimum atomic E-state index is -0.922. The molecule has 1 heterocycles. The van der Waals surface area contributed by atoms with Crippen molar-refractivity contribution in [1.29, 1.82) is 0 Å². The molecule has 0 aliphatic heterocycles. The summed E-state index contributed by atoms with van der Waals surface area (Å²) in [5, 5.41) is 15.2. The van der Waals surface area contributed by atoms with Gasteiger partial charge in [0.25, 0.3) is 0 Å². The Morgan fingerprint density at radius 3 is 3.00 bits per heavy atom. The Balaban J connectivity index is 2.22. The van der Waals surface area contributed by atoms with Gasteiger partial charge in [0, 0.05) is 6.42 Å². The van der Waals surface area contributed by atoms with Crippen LogP contribution in [0, 0.1) is 0 Å². The summed E-state index contributed by atoms with van der Waals surface area (Å²) in [5.41, 5.74) is 1.18. The number of hydrogen-bond donors (Lipinski definition) is 2. The lowest BCUT2D eigenvalue weighted by Gasteiger charge is -1.99. The molecular weight excluding hydrogens is 194 g/mol. The highest BCUT2D eigenvalue weighted by molar-refractivity contribution is 5.87. The Hall–Kier alpha value is -2.17. The lowest BCUT2D eigenvalue weighted by Crippen LogP contribution is -1.98. The van der Waals surface area contributed by atoms with Gasteiger partial charge in [-0.1, -0.05) is 12.1 Å². The zero-order chi connectivity index (χ0) is 10.7. The van der Waals surface area contributed by atoms with Gasteiger partial charge in [0.1, 0.15) is 12.2 Å². The summed E-state index contributed by atoms with van der Waals surface area (Å²) in [6.07, 6.45) is 1.98. The average Bonchev–Trinajstić information content (AvgIpc) is 2.71. The number of aromatic carboxylic acids is 1. The van der Waals surface area contributed by atoms with Crippen molar-refractivity contribution in [3.63, 3.8) is 0 Å². The maximum Gasteiger partial charge on any atom is 0.335 e. The summed E-state index contributed by atoms with van der Waals surface area (Å²) in [6.45, 7) is 0. The lowest BCUT2D eigenvalue weighted by atomic mass is 10.1. The zero-order valence-corrected chi connectivity index (χ0v) is 7.84. The summed E-state index contributed by atoms with van der Waals surface area (Å²) in [4.78, 5) is 14.7. The molecule has 0 spiro atoms. The number of benzene rings is 1. The van der Waals surface area contributed by atoms with E-state index in [0.29, 0.717) is 6.42 Å². The topological polar surface area (TPSA) is 78.9 Å². The fourth-order valence-corrected chi connectivity index (χ4v) is 1.32. The van der Waals surface area contributed by atoms with Gasteiger partial charge in [-0.3, -0.25) is 5.10 Å². The summed E-state index contributed by atoms with van der Waals surface area (Å²) in [6, 6.07) is 6.77. The van der Waals surface area contributed by atoms with Crippen LogP contribution in [0.5, 0.6) is 0 Å². The Labute approximate surface area is 85.8 Å². The quantitative estimate of drug-likeness (QED) is 0.782. The molecule has 0 bridgehead atoms. The third kappa shape index (κ3) is 2.19. The minimum Gasteiger partial charge on any atom is -0.478 e.